The molecule has 0 spiro atoms. The third kappa shape index (κ3) is 3.88. The Labute approximate surface area is 132 Å². The number of halogens is 1. The zero-order chi connectivity index (χ0) is 15.6. The van der Waals surface area contributed by atoms with Gasteiger partial charge in [0.15, 0.2) is 0 Å². The van der Waals surface area contributed by atoms with Crippen LogP contribution in [0.2, 0.25) is 4.34 Å². The van der Waals surface area contributed by atoms with Crippen molar-refractivity contribution >= 4 is 38.6 Å². The molecule has 2 aromatic rings. The highest BCUT2D eigenvalue weighted by atomic mass is 35.5. The van der Waals surface area contributed by atoms with Crippen LogP contribution in [0.5, 0.6) is 5.75 Å². The summed E-state index contributed by atoms with van der Waals surface area (Å²) < 4.78 is 28.8. The van der Waals surface area contributed by atoms with E-state index in [1.54, 1.807) is 6.07 Å². The van der Waals surface area contributed by atoms with E-state index in [-0.39, 0.29) is 10.9 Å². The maximum absolute atomic E-state index is 11.4. The van der Waals surface area contributed by atoms with Crippen LogP contribution in [0.4, 0.5) is 5.69 Å². The lowest BCUT2D eigenvalue weighted by atomic mass is 10.2. The van der Waals surface area contributed by atoms with Gasteiger partial charge in [-0.05, 0) is 37.3 Å². The maximum atomic E-state index is 11.4. The van der Waals surface area contributed by atoms with Gasteiger partial charge in [-0.3, -0.25) is 0 Å². The molecule has 0 radical (unpaired) electrons. The summed E-state index contributed by atoms with van der Waals surface area (Å²) in [6, 6.07) is 8.12. The third-order valence-corrected chi connectivity index (χ3v) is 5.22. The van der Waals surface area contributed by atoms with Crippen LogP contribution in [0.1, 0.15) is 17.8 Å². The summed E-state index contributed by atoms with van der Waals surface area (Å²) in [4.78, 5) is 1.06. The molecule has 3 N–H and O–H groups in total. The minimum absolute atomic E-state index is 0.0298. The average Bonchev–Trinajstić information content (AvgIpc) is 2.84. The molecule has 0 amide bonds. The number of ether oxygens (including phenoxy) is 1. The van der Waals surface area contributed by atoms with Gasteiger partial charge in [-0.15, -0.1) is 11.3 Å². The third-order valence-electron chi connectivity index (χ3n) is 2.89. The second-order valence-corrected chi connectivity index (χ2v) is 7.72. The van der Waals surface area contributed by atoms with Crippen molar-refractivity contribution < 1.29 is 13.2 Å². The van der Waals surface area contributed by atoms with Crippen LogP contribution in [0.15, 0.2) is 35.2 Å². The van der Waals surface area contributed by atoms with Gasteiger partial charge in [0, 0.05) is 4.88 Å². The van der Waals surface area contributed by atoms with Crippen molar-refractivity contribution in [3.05, 3.63) is 39.5 Å². The molecule has 5 nitrogen and oxygen atoms in total. The summed E-state index contributed by atoms with van der Waals surface area (Å²) in [6.45, 7) is 1.95. The minimum atomic E-state index is -3.76. The zero-order valence-electron chi connectivity index (χ0n) is 11.5. The summed E-state index contributed by atoms with van der Waals surface area (Å²) >= 11 is 7.38. The van der Waals surface area contributed by atoms with E-state index in [1.165, 1.54) is 30.6 Å². The molecule has 114 valence electrons. The van der Waals surface area contributed by atoms with E-state index in [0.717, 1.165) is 4.88 Å². The van der Waals surface area contributed by atoms with Gasteiger partial charge in [-0.25, -0.2) is 13.6 Å². The lowest BCUT2D eigenvalue weighted by molar-refractivity contribution is 0.415. The van der Waals surface area contributed by atoms with Gasteiger partial charge in [-0.2, -0.15) is 0 Å². The lowest BCUT2D eigenvalue weighted by Gasteiger charge is -2.17. The van der Waals surface area contributed by atoms with Gasteiger partial charge < -0.3 is 10.1 Å². The summed E-state index contributed by atoms with van der Waals surface area (Å²) in [6.07, 6.45) is 0. The predicted octanol–water partition coefficient (Wildman–Crippen LogP) is 3.23. The van der Waals surface area contributed by atoms with Gasteiger partial charge in [0.05, 0.1) is 28.1 Å². The van der Waals surface area contributed by atoms with Gasteiger partial charge >= 0.3 is 0 Å². The van der Waals surface area contributed by atoms with E-state index in [2.05, 4.69) is 5.32 Å². The van der Waals surface area contributed by atoms with Crippen molar-refractivity contribution in [3.63, 3.8) is 0 Å². The van der Waals surface area contributed by atoms with Gasteiger partial charge in [0.2, 0.25) is 10.0 Å². The van der Waals surface area contributed by atoms with Crippen LogP contribution in [0.25, 0.3) is 0 Å². The molecule has 1 atom stereocenters. The Bertz CT molecular complexity index is 744. The van der Waals surface area contributed by atoms with Crippen LogP contribution in [-0.2, 0) is 10.0 Å². The Kier molecular flexibility index (Phi) is 4.77. The quantitative estimate of drug-likeness (QED) is 0.870. The molecule has 2 rings (SSSR count). The topological polar surface area (TPSA) is 81.4 Å². The number of anilines is 1. The fourth-order valence-corrected chi connectivity index (χ4v) is 3.45. The minimum Gasteiger partial charge on any atom is -0.495 e. The van der Waals surface area contributed by atoms with Crippen LogP contribution < -0.4 is 15.2 Å². The van der Waals surface area contributed by atoms with Crippen LogP contribution in [-0.4, -0.2) is 15.5 Å². The second-order valence-electron chi connectivity index (χ2n) is 4.42. The molecule has 8 heteroatoms. The number of nitrogens with one attached hydrogen (secondary N) is 1. The fraction of sp³-hybridized carbons (Fsp3) is 0.231. The average molecular weight is 347 g/mol. The molecule has 0 bridgehead atoms. The number of hydrogen-bond donors (Lipinski definition) is 2. The molecule has 0 aliphatic carbocycles. The number of nitrogens with two attached hydrogens (primary N) is 1. The van der Waals surface area contributed by atoms with E-state index >= 15 is 0 Å². The molecule has 1 aromatic heterocycles. The van der Waals surface area contributed by atoms with Crippen molar-refractivity contribution in [1.82, 2.24) is 0 Å². The number of methoxy groups -OCH3 is 1. The first kappa shape index (κ1) is 16.1. The summed E-state index contributed by atoms with van der Waals surface area (Å²) in [5.74, 6) is 0.539. The first-order chi connectivity index (χ1) is 9.81. The lowest BCUT2D eigenvalue weighted by Crippen LogP contribution is -2.13. The van der Waals surface area contributed by atoms with E-state index in [1.807, 2.05) is 19.1 Å². The van der Waals surface area contributed by atoms with Crippen LogP contribution in [0, 0.1) is 0 Å². The molecule has 0 aliphatic rings. The van der Waals surface area contributed by atoms with Crippen LogP contribution >= 0.6 is 22.9 Å². The highest BCUT2D eigenvalue weighted by Gasteiger charge is 2.15. The first-order valence-corrected chi connectivity index (χ1v) is 8.78. The molecule has 1 aromatic carbocycles. The Hall–Kier alpha value is -1.28. The monoisotopic (exact) mass is 346 g/mol. The molecule has 0 fully saturated rings. The number of rotatable bonds is 5. The molecule has 1 unspecified atom stereocenters. The van der Waals surface area contributed by atoms with Crippen molar-refractivity contribution in [2.75, 3.05) is 12.4 Å². The Balaban J connectivity index is 2.33. The highest BCUT2D eigenvalue weighted by Crippen LogP contribution is 2.33. The molecular weight excluding hydrogens is 332 g/mol. The molecule has 1 heterocycles. The number of primary sulfonamides is 1. The largest absolute Gasteiger partial charge is 0.495 e. The first-order valence-electron chi connectivity index (χ1n) is 6.04. The van der Waals surface area contributed by atoms with Gasteiger partial charge in [0.1, 0.15) is 5.75 Å². The number of sulfonamides is 1. The van der Waals surface area contributed by atoms with Crippen molar-refractivity contribution in [2.45, 2.75) is 17.9 Å². The Morgan fingerprint density at radius 2 is 2.05 bits per heavy atom. The number of benzene rings is 1. The van der Waals surface area contributed by atoms with Crippen molar-refractivity contribution in [1.29, 1.82) is 0 Å². The Morgan fingerprint density at radius 1 is 1.33 bits per heavy atom. The van der Waals surface area contributed by atoms with Gasteiger partial charge in [-0.1, -0.05) is 11.6 Å². The summed E-state index contributed by atoms with van der Waals surface area (Å²) in [7, 11) is -2.24. The van der Waals surface area contributed by atoms with E-state index in [0.29, 0.717) is 15.8 Å². The molecule has 21 heavy (non-hydrogen) atoms. The molecule has 0 saturated carbocycles. The van der Waals surface area contributed by atoms with Crippen molar-refractivity contribution in [3.8, 4) is 5.75 Å². The fourth-order valence-electron chi connectivity index (χ4n) is 1.84. The maximum Gasteiger partial charge on any atom is 0.238 e. The standard InChI is InChI=1S/C13H15ClN2O3S2/c1-8(12-5-6-13(14)20-12)16-10-7-9(21(15,17)18)3-4-11(10)19-2/h3-8,16H,1-2H3,(H2,15,17,18). The normalized spacial score (nSPS) is 13.0. The molecule has 0 aliphatic heterocycles. The Morgan fingerprint density at radius 3 is 2.57 bits per heavy atom. The smallest absolute Gasteiger partial charge is 0.238 e. The SMILES string of the molecule is COc1ccc(S(N)(=O)=O)cc1NC(C)c1ccc(Cl)s1. The highest BCUT2D eigenvalue weighted by molar-refractivity contribution is 7.89. The van der Waals surface area contributed by atoms with Crippen molar-refractivity contribution in [2.24, 2.45) is 5.14 Å². The van der Waals surface area contributed by atoms with E-state index < -0.39 is 10.0 Å². The van der Waals surface area contributed by atoms with Gasteiger partial charge in [0.25, 0.3) is 0 Å². The van der Waals surface area contributed by atoms with E-state index in [4.69, 9.17) is 21.5 Å². The number of thiophene rings is 1. The predicted molar refractivity (Wildman–Crippen MR) is 85.7 cm³/mol. The summed E-state index contributed by atoms with van der Waals surface area (Å²) in [5.41, 5.74) is 0.557. The zero-order valence-corrected chi connectivity index (χ0v) is 13.8. The molecule has 0 saturated heterocycles. The van der Waals surface area contributed by atoms with Crippen LogP contribution in [0.3, 0.4) is 0 Å². The molecular formula is C13H15ClN2O3S2. The van der Waals surface area contributed by atoms with E-state index in [9.17, 15) is 8.42 Å². The number of hydrogen-bond acceptors (Lipinski definition) is 5. The summed E-state index contributed by atoms with van der Waals surface area (Å²) in [5, 5.41) is 8.36. The second kappa shape index (κ2) is 6.23.